The molecule has 4 rings (SSSR count). The monoisotopic (exact) mass is 461 g/mol. The highest BCUT2D eigenvalue weighted by molar-refractivity contribution is 5.76. The van der Waals surface area contributed by atoms with Crippen LogP contribution in [0.5, 0.6) is 5.75 Å². The molecule has 1 aromatic rings. The van der Waals surface area contributed by atoms with Gasteiger partial charge in [0.2, 0.25) is 5.91 Å². The summed E-state index contributed by atoms with van der Waals surface area (Å²) in [7, 11) is 1.66. The highest BCUT2D eigenvalue weighted by Gasteiger charge is 2.38. The lowest BCUT2D eigenvalue weighted by molar-refractivity contribution is -0.158. The number of β-amino-alcohol motifs (C(OH)–C–C–N with tert-alkyl or cyclic N) is 1. The van der Waals surface area contributed by atoms with Crippen molar-refractivity contribution in [1.82, 2.24) is 15.1 Å². The topological polar surface area (TPSA) is 83.5 Å². The summed E-state index contributed by atoms with van der Waals surface area (Å²) in [4.78, 5) is 17.2. The summed E-state index contributed by atoms with van der Waals surface area (Å²) < 4.78 is 17.4. The van der Waals surface area contributed by atoms with Crippen LogP contribution in [-0.4, -0.2) is 98.2 Å². The van der Waals surface area contributed by atoms with E-state index in [2.05, 4.69) is 27.2 Å². The van der Waals surface area contributed by atoms with E-state index in [1.54, 1.807) is 7.11 Å². The van der Waals surface area contributed by atoms with Crippen molar-refractivity contribution in [3.8, 4) is 5.75 Å². The van der Waals surface area contributed by atoms with E-state index in [9.17, 15) is 9.90 Å². The zero-order valence-corrected chi connectivity index (χ0v) is 19.8. The molecule has 1 aromatic carbocycles. The van der Waals surface area contributed by atoms with E-state index in [1.165, 1.54) is 18.4 Å². The molecule has 0 saturated carbocycles. The van der Waals surface area contributed by atoms with Crippen molar-refractivity contribution in [2.24, 2.45) is 0 Å². The highest BCUT2D eigenvalue weighted by Crippen LogP contribution is 2.29. The number of fused-ring (bicyclic) bond motifs is 1. The fraction of sp³-hybridized carbons (Fsp3) is 0.720. The molecular weight excluding hydrogens is 422 g/mol. The average molecular weight is 462 g/mol. The van der Waals surface area contributed by atoms with Gasteiger partial charge in [-0.1, -0.05) is 12.1 Å². The van der Waals surface area contributed by atoms with Crippen molar-refractivity contribution in [1.29, 1.82) is 0 Å². The maximum Gasteiger partial charge on any atom is 0.222 e. The van der Waals surface area contributed by atoms with Gasteiger partial charge in [-0.05, 0) is 56.5 Å². The summed E-state index contributed by atoms with van der Waals surface area (Å²) in [6.07, 6.45) is 3.95. The van der Waals surface area contributed by atoms with E-state index in [4.69, 9.17) is 14.2 Å². The van der Waals surface area contributed by atoms with Gasteiger partial charge in [-0.15, -0.1) is 0 Å². The predicted molar refractivity (Wildman–Crippen MR) is 125 cm³/mol. The van der Waals surface area contributed by atoms with E-state index in [-0.39, 0.29) is 24.2 Å². The van der Waals surface area contributed by atoms with Crippen molar-refractivity contribution >= 4 is 5.91 Å². The molecule has 0 radical (unpaired) electrons. The number of aliphatic hydroxyl groups excluding tert-OH is 1. The smallest absolute Gasteiger partial charge is 0.222 e. The fourth-order valence-electron chi connectivity index (χ4n) is 5.23. The third-order valence-corrected chi connectivity index (χ3v) is 6.99. The SMILES string of the molecule is COc1ccc(CN2C[C@H](O)COC[C@@H]3O[C@@H](CC(=O)NCCN4CCCC4)CC[C@H]32)cc1. The number of methoxy groups -OCH3 is 1. The summed E-state index contributed by atoms with van der Waals surface area (Å²) in [5, 5.41) is 13.4. The minimum Gasteiger partial charge on any atom is -0.497 e. The Bertz CT molecular complexity index is 740. The van der Waals surface area contributed by atoms with Crippen molar-refractivity contribution in [3.63, 3.8) is 0 Å². The van der Waals surface area contributed by atoms with Crippen LogP contribution in [0.1, 0.15) is 37.7 Å². The van der Waals surface area contributed by atoms with Crippen LogP contribution in [0.25, 0.3) is 0 Å². The second-order valence-corrected chi connectivity index (χ2v) is 9.51. The van der Waals surface area contributed by atoms with Crippen molar-refractivity contribution < 1.29 is 24.1 Å². The number of likely N-dealkylation sites (tertiary alicyclic amines) is 1. The maximum atomic E-state index is 12.5. The number of amides is 1. The Hall–Kier alpha value is -1.71. The van der Waals surface area contributed by atoms with Crippen LogP contribution < -0.4 is 10.1 Å². The standard InChI is InChI=1S/C25H39N3O5/c1-31-21-6-4-19(5-7-21)15-28-16-20(29)17-32-18-24-23(28)9-8-22(33-24)14-25(30)26-10-13-27-11-2-3-12-27/h4-7,20,22-24,29H,2-3,8-18H2,1H3,(H,26,30)/t20-,22+,23+,24-/m0/s1. The van der Waals surface area contributed by atoms with Crippen molar-refractivity contribution in [2.45, 2.75) is 63.0 Å². The molecule has 0 bridgehead atoms. The molecule has 8 nitrogen and oxygen atoms in total. The predicted octanol–water partition coefficient (Wildman–Crippen LogP) is 1.41. The Balaban J connectivity index is 1.30. The van der Waals surface area contributed by atoms with Crippen LogP contribution in [0, 0.1) is 0 Å². The number of nitrogens with zero attached hydrogens (tertiary/aromatic N) is 2. The van der Waals surface area contributed by atoms with Gasteiger partial charge >= 0.3 is 0 Å². The zero-order chi connectivity index (χ0) is 23.0. The van der Waals surface area contributed by atoms with E-state index in [0.29, 0.717) is 32.7 Å². The Morgan fingerprint density at radius 1 is 1.18 bits per heavy atom. The van der Waals surface area contributed by atoms with Gasteiger partial charge in [0.1, 0.15) is 5.75 Å². The third kappa shape index (κ3) is 7.13. The summed E-state index contributed by atoms with van der Waals surface area (Å²) in [5.74, 6) is 0.898. The van der Waals surface area contributed by atoms with Gasteiger partial charge < -0.3 is 29.5 Å². The number of aliphatic hydroxyl groups is 1. The van der Waals surface area contributed by atoms with Gasteiger partial charge in [-0.25, -0.2) is 0 Å². The molecule has 2 N–H and O–H groups in total. The first-order valence-corrected chi connectivity index (χ1v) is 12.4. The number of nitrogens with one attached hydrogen (secondary N) is 1. The van der Waals surface area contributed by atoms with Crippen LogP contribution in [0.15, 0.2) is 24.3 Å². The summed E-state index contributed by atoms with van der Waals surface area (Å²) in [5.41, 5.74) is 1.17. The first-order valence-electron chi connectivity index (χ1n) is 12.4. The lowest BCUT2D eigenvalue weighted by Gasteiger charge is -2.44. The molecule has 3 saturated heterocycles. The molecule has 0 spiro atoms. The van der Waals surface area contributed by atoms with E-state index in [0.717, 1.165) is 44.8 Å². The Morgan fingerprint density at radius 2 is 1.97 bits per heavy atom. The molecule has 3 heterocycles. The first-order chi connectivity index (χ1) is 16.1. The van der Waals surface area contributed by atoms with Gasteiger partial charge in [-0.2, -0.15) is 0 Å². The maximum absolute atomic E-state index is 12.5. The first kappa shape index (κ1) is 24.4. The number of rotatable bonds is 8. The van der Waals surface area contributed by atoms with Crippen molar-refractivity contribution in [2.75, 3.05) is 53.0 Å². The normalized spacial score (nSPS) is 29.2. The van der Waals surface area contributed by atoms with Crippen LogP contribution in [0.2, 0.25) is 0 Å². The van der Waals surface area contributed by atoms with Crippen LogP contribution in [0.3, 0.4) is 0 Å². The molecule has 33 heavy (non-hydrogen) atoms. The minimum absolute atomic E-state index is 0.0647. The van der Waals surface area contributed by atoms with Crippen LogP contribution in [0.4, 0.5) is 0 Å². The quantitative estimate of drug-likeness (QED) is 0.606. The molecule has 0 unspecified atom stereocenters. The molecule has 3 aliphatic heterocycles. The Kier molecular flexibility index (Phi) is 8.97. The third-order valence-electron chi connectivity index (χ3n) is 6.99. The molecule has 0 aromatic heterocycles. The largest absolute Gasteiger partial charge is 0.497 e. The Labute approximate surface area is 197 Å². The Morgan fingerprint density at radius 3 is 2.73 bits per heavy atom. The number of carbonyl (C=O) groups is 1. The van der Waals surface area contributed by atoms with E-state index < -0.39 is 6.10 Å². The lowest BCUT2D eigenvalue weighted by Crippen LogP contribution is -2.55. The van der Waals surface area contributed by atoms with Gasteiger partial charge in [-0.3, -0.25) is 9.69 Å². The molecule has 8 heteroatoms. The molecule has 1 amide bonds. The minimum atomic E-state index is -0.525. The number of carbonyl (C=O) groups excluding carboxylic acids is 1. The van der Waals surface area contributed by atoms with Gasteiger partial charge in [0.05, 0.1) is 45.1 Å². The van der Waals surface area contributed by atoms with Crippen molar-refractivity contribution in [3.05, 3.63) is 29.8 Å². The lowest BCUT2D eigenvalue weighted by atomic mass is 9.94. The molecule has 0 aliphatic carbocycles. The molecule has 4 atom stereocenters. The number of benzene rings is 1. The number of ether oxygens (including phenoxy) is 3. The molecule has 3 aliphatic rings. The summed E-state index contributed by atoms with van der Waals surface area (Å²) in [6.45, 7) is 5.93. The van der Waals surface area contributed by atoms with Crippen LogP contribution in [-0.2, 0) is 20.8 Å². The second kappa shape index (κ2) is 12.1. The van der Waals surface area contributed by atoms with Crippen LogP contribution >= 0.6 is 0 Å². The highest BCUT2D eigenvalue weighted by atomic mass is 16.5. The second-order valence-electron chi connectivity index (χ2n) is 9.51. The van der Waals surface area contributed by atoms with Gasteiger partial charge in [0.25, 0.3) is 0 Å². The molecular formula is C25H39N3O5. The average Bonchev–Trinajstić information content (AvgIpc) is 3.32. The van der Waals surface area contributed by atoms with E-state index in [1.807, 2.05) is 12.1 Å². The van der Waals surface area contributed by atoms with Gasteiger partial charge in [0.15, 0.2) is 0 Å². The van der Waals surface area contributed by atoms with Gasteiger partial charge in [0, 0.05) is 32.2 Å². The fourth-order valence-corrected chi connectivity index (χ4v) is 5.23. The summed E-state index contributed by atoms with van der Waals surface area (Å²) >= 11 is 0. The van der Waals surface area contributed by atoms with E-state index >= 15 is 0 Å². The molecule has 184 valence electrons. The number of hydrogen-bond acceptors (Lipinski definition) is 7. The molecule has 3 fully saturated rings. The zero-order valence-electron chi connectivity index (χ0n) is 19.8. The number of hydrogen-bond donors (Lipinski definition) is 2. The summed E-state index contributed by atoms with van der Waals surface area (Å²) in [6, 6.07) is 8.21.